The number of Topliss-reactive ketones (excluding diaryl/α,β-unsaturated/α-hetero) is 1. The molecule has 1 aliphatic carbocycles. The molecule has 0 amide bonds. The van der Waals surface area contributed by atoms with Crippen LogP contribution in [-0.2, 0) is 16.1 Å². The third-order valence-corrected chi connectivity index (χ3v) is 7.07. The number of esters is 1. The molecule has 1 unspecified atom stereocenters. The number of ether oxygens (including phenoxy) is 3. The lowest BCUT2D eigenvalue weighted by Gasteiger charge is -2.29. The van der Waals surface area contributed by atoms with Crippen molar-refractivity contribution in [1.29, 1.82) is 0 Å². The van der Waals surface area contributed by atoms with E-state index in [4.69, 9.17) is 37.4 Å². The van der Waals surface area contributed by atoms with Crippen LogP contribution in [0.3, 0.4) is 0 Å². The molecule has 1 N–H and O–H groups in total. The number of methoxy groups -OCH3 is 2. The molecule has 2 aliphatic rings. The van der Waals surface area contributed by atoms with Crippen LogP contribution in [0.5, 0.6) is 11.5 Å². The first-order valence-electron chi connectivity index (χ1n) is 11.5. The van der Waals surface area contributed by atoms with Crippen LogP contribution in [0.4, 0.5) is 0 Å². The first-order chi connectivity index (χ1) is 17.8. The van der Waals surface area contributed by atoms with E-state index in [1.807, 2.05) is 30.3 Å². The SMILES string of the molecule is COC(=O)C1=C(C)NC2=C(C(=O)c3ccccc32)C1c1cc(Cl)c(OCc2ccc(Cl)cc2)c(OC)c1. The fourth-order valence-electron chi connectivity index (χ4n) is 4.83. The Morgan fingerprint density at radius 2 is 1.70 bits per heavy atom. The van der Waals surface area contributed by atoms with Crippen molar-refractivity contribution in [2.24, 2.45) is 0 Å². The van der Waals surface area contributed by atoms with Gasteiger partial charge in [0, 0.05) is 33.3 Å². The van der Waals surface area contributed by atoms with Crippen molar-refractivity contribution < 1.29 is 23.8 Å². The maximum absolute atomic E-state index is 13.6. The van der Waals surface area contributed by atoms with Gasteiger partial charge in [-0.3, -0.25) is 4.79 Å². The van der Waals surface area contributed by atoms with E-state index < -0.39 is 11.9 Å². The fourth-order valence-corrected chi connectivity index (χ4v) is 5.23. The number of ketones is 1. The zero-order chi connectivity index (χ0) is 26.3. The Kier molecular flexibility index (Phi) is 6.71. The summed E-state index contributed by atoms with van der Waals surface area (Å²) in [5, 5.41) is 4.18. The van der Waals surface area contributed by atoms with E-state index in [1.165, 1.54) is 14.2 Å². The van der Waals surface area contributed by atoms with Crippen LogP contribution in [-0.4, -0.2) is 26.0 Å². The maximum atomic E-state index is 13.6. The van der Waals surface area contributed by atoms with Gasteiger partial charge in [0.05, 0.1) is 30.5 Å². The Hall–Kier alpha value is -3.74. The summed E-state index contributed by atoms with van der Waals surface area (Å²) >= 11 is 12.7. The van der Waals surface area contributed by atoms with Crippen molar-refractivity contribution in [2.75, 3.05) is 14.2 Å². The Labute approximate surface area is 224 Å². The topological polar surface area (TPSA) is 73.9 Å². The average Bonchev–Trinajstić information content (AvgIpc) is 3.18. The van der Waals surface area contributed by atoms with Gasteiger partial charge < -0.3 is 19.5 Å². The first kappa shape index (κ1) is 24.9. The van der Waals surface area contributed by atoms with Crippen LogP contribution in [0.25, 0.3) is 5.70 Å². The van der Waals surface area contributed by atoms with E-state index in [-0.39, 0.29) is 17.4 Å². The molecule has 1 atom stereocenters. The number of allylic oxidation sites excluding steroid dienone is 2. The first-order valence-corrected chi connectivity index (χ1v) is 12.3. The molecular formula is C29H23Cl2NO5. The van der Waals surface area contributed by atoms with E-state index in [1.54, 1.807) is 37.3 Å². The predicted octanol–water partition coefficient (Wildman–Crippen LogP) is 6.32. The second-order valence-electron chi connectivity index (χ2n) is 8.70. The summed E-state index contributed by atoms with van der Waals surface area (Å²) in [6.07, 6.45) is 0. The van der Waals surface area contributed by atoms with Crippen molar-refractivity contribution in [3.8, 4) is 11.5 Å². The Morgan fingerprint density at radius 1 is 1.00 bits per heavy atom. The predicted molar refractivity (Wildman–Crippen MR) is 142 cm³/mol. The summed E-state index contributed by atoms with van der Waals surface area (Å²) < 4.78 is 16.8. The second-order valence-corrected chi connectivity index (χ2v) is 9.54. The molecule has 3 aromatic carbocycles. The lowest BCUT2D eigenvalue weighted by Crippen LogP contribution is -2.29. The van der Waals surface area contributed by atoms with Gasteiger partial charge in [0.1, 0.15) is 6.61 Å². The van der Waals surface area contributed by atoms with Crippen molar-refractivity contribution in [1.82, 2.24) is 5.32 Å². The van der Waals surface area contributed by atoms with Gasteiger partial charge in [-0.15, -0.1) is 0 Å². The van der Waals surface area contributed by atoms with Gasteiger partial charge in [-0.05, 0) is 42.3 Å². The van der Waals surface area contributed by atoms with E-state index in [0.29, 0.717) is 50.2 Å². The molecule has 0 spiro atoms. The largest absolute Gasteiger partial charge is 0.493 e. The quantitative estimate of drug-likeness (QED) is 0.372. The number of rotatable bonds is 6. The summed E-state index contributed by atoms with van der Waals surface area (Å²) in [6, 6.07) is 18.1. The van der Waals surface area contributed by atoms with Crippen molar-refractivity contribution in [3.63, 3.8) is 0 Å². The highest BCUT2D eigenvalue weighted by Gasteiger charge is 2.43. The minimum Gasteiger partial charge on any atom is -0.493 e. The number of carbonyl (C=O) groups is 2. The van der Waals surface area contributed by atoms with Gasteiger partial charge in [-0.25, -0.2) is 4.79 Å². The normalized spacial score (nSPS) is 16.2. The lowest BCUT2D eigenvalue weighted by atomic mass is 9.79. The molecule has 1 heterocycles. The van der Waals surface area contributed by atoms with Crippen LogP contribution >= 0.6 is 23.2 Å². The number of halogens is 2. The highest BCUT2D eigenvalue weighted by molar-refractivity contribution is 6.32. The number of fused-ring (bicyclic) bond motifs is 2. The van der Waals surface area contributed by atoms with Crippen LogP contribution < -0.4 is 14.8 Å². The molecule has 5 rings (SSSR count). The highest BCUT2D eigenvalue weighted by atomic mass is 35.5. The zero-order valence-electron chi connectivity index (χ0n) is 20.4. The minimum absolute atomic E-state index is 0.157. The summed E-state index contributed by atoms with van der Waals surface area (Å²) in [7, 11) is 2.83. The molecule has 0 fully saturated rings. The summed E-state index contributed by atoms with van der Waals surface area (Å²) in [6.45, 7) is 2.03. The van der Waals surface area contributed by atoms with Gasteiger partial charge in [-0.2, -0.15) is 0 Å². The van der Waals surface area contributed by atoms with Crippen molar-refractivity contribution in [2.45, 2.75) is 19.4 Å². The maximum Gasteiger partial charge on any atom is 0.336 e. The molecule has 188 valence electrons. The van der Waals surface area contributed by atoms with Crippen LogP contribution in [0.15, 0.2) is 77.5 Å². The third kappa shape index (κ3) is 4.37. The lowest BCUT2D eigenvalue weighted by molar-refractivity contribution is -0.136. The van der Waals surface area contributed by atoms with E-state index in [2.05, 4.69) is 5.32 Å². The number of nitrogens with one attached hydrogen (secondary N) is 1. The average molecular weight is 536 g/mol. The van der Waals surface area contributed by atoms with Crippen molar-refractivity contribution >= 4 is 40.7 Å². The van der Waals surface area contributed by atoms with E-state index in [0.717, 1.165) is 11.1 Å². The Morgan fingerprint density at radius 3 is 2.38 bits per heavy atom. The monoisotopic (exact) mass is 535 g/mol. The number of hydrogen-bond donors (Lipinski definition) is 1. The number of benzene rings is 3. The standard InChI is InChI=1S/C29H23Cl2NO5/c1-15-23(29(34)36-3)24(25-26(32-15)19-6-4-5-7-20(19)27(25)33)17-12-21(31)28(22(13-17)35-2)37-14-16-8-10-18(30)11-9-16/h4-13,24,32H,14H2,1-3H3. The molecule has 0 radical (unpaired) electrons. The molecular weight excluding hydrogens is 513 g/mol. The molecule has 1 aliphatic heterocycles. The van der Waals surface area contributed by atoms with Gasteiger partial charge in [0.15, 0.2) is 17.3 Å². The number of hydrogen-bond acceptors (Lipinski definition) is 6. The summed E-state index contributed by atoms with van der Waals surface area (Å²) in [5.74, 6) is -0.687. The summed E-state index contributed by atoms with van der Waals surface area (Å²) in [5.41, 5.74) is 4.93. The van der Waals surface area contributed by atoms with E-state index >= 15 is 0 Å². The molecule has 3 aromatic rings. The van der Waals surface area contributed by atoms with Crippen LogP contribution in [0.2, 0.25) is 10.0 Å². The Bertz CT molecular complexity index is 1490. The van der Waals surface area contributed by atoms with Gasteiger partial charge in [0.25, 0.3) is 0 Å². The van der Waals surface area contributed by atoms with Gasteiger partial charge in [0.2, 0.25) is 0 Å². The highest BCUT2D eigenvalue weighted by Crippen LogP contribution is 2.49. The molecule has 8 heteroatoms. The van der Waals surface area contributed by atoms with Gasteiger partial charge in [-0.1, -0.05) is 59.6 Å². The number of dihydropyridines is 1. The summed E-state index contributed by atoms with van der Waals surface area (Å²) in [4.78, 5) is 26.6. The zero-order valence-corrected chi connectivity index (χ0v) is 21.9. The van der Waals surface area contributed by atoms with Crippen LogP contribution in [0.1, 0.15) is 39.9 Å². The molecule has 0 bridgehead atoms. The van der Waals surface area contributed by atoms with E-state index in [9.17, 15) is 9.59 Å². The molecule has 6 nitrogen and oxygen atoms in total. The molecule has 0 saturated heterocycles. The minimum atomic E-state index is -0.722. The number of carbonyl (C=O) groups excluding carboxylic acids is 2. The smallest absolute Gasteiger partial charge is 0.336 e. The molecule has 37 heavy (non-hydrogen) atoms. The Balaban J connectivity index is 1.60. The van der Waals surface area contributed by atoms with Crippen molar-refractivity contribution in [3.05, 3.63) is 110 Å². The van der Waals surface area contributed by atoms with Gasteiger partial charge >= 0.3 is 5.97 Å². The molecule has 0 aromatic heterocycles. The fraction of sp³-hybridized carbons (Fsp3) is 0.172. The third-order valence-electron chi connectivity index (χ3n) is 6.54. The molecule has 0 saturated carbocycles. The van der Waals surface area contributed by atoms with Crippen LogP contribution in [0, 0.1) is 0 Å². The second kappa shape index (κ2) is 9.96.